The molecule has 0 aliphatic heterocycles. The van der Waals surface area contributed by atoms with Crippen molar-refractivity contribution in [2.75, 3.05) is 6.61 Å². The Labute approximate surface area is 107 Å². The SMILES string of the molecule is CCCC(C)(CO)NC(=O)NCc1ccnn1C. The molecule has 2 amide bonds. The Kier molecular flexibility index (Phi) is 5.15. The van der Waals surface area contributed by atoms with Crippen molar-refractivity contribution < 1.29 is 9.90 Å². The highest BCUT2D eigenvalue weighted by molar-refractivity contribution is 5.74. The molecule has 6 nitrogen and oxygen atoms in total. The zero-order valence-electron chi connectivity index (χ0n) is 11.2. The van der Waals surface area contributed by atoms with Crippen LogP contribution >= 0.6 is 0 Å². The largest absolute Gasteiger partial charge is 0.394 e. The van der Waals surface area contributed by atoms with E-state index in [4.69, 9.17) is 0 Å². The highest BCUT2D eigenvalue weighted by atomic mass is 16.3. The van der Waals surface area contributed by atoms with Crippen LogP contribution in [0.5, 0.6) is 0 Å². The standard InChI is InChI=1S/C12H22N4O2/c1-4-6-12(2,9-17)15-11(18)13-8-10-5-7-14-16(10)3/h5,7,17H,4,6,8-9H2,1-3H3,(H2,13,15,18). The van der Waals surface area contributed by atoms with Crippen molar-refractivity contribution in [3.05, 3.63) is 18.0 Å². The third-order valence-corrected chi connectivity index (χ3v) is 2.92. The van der Waals surface area contributed by atoms with Crippen molar-refractivity contribution in [1.29, 1.82) is 0 Å². The lowest BCUT2D eigenvalue weighted by Gasteiger charge is -2.28. The molecule has 102 valence electrons. The van der Waals surface area contributed by atoms with Crippen molar-refractivity contribution in [1.82, 2.24) is 20.4 Å². The van der Waals surface area contributed by atoms with Crippen molar-refractivity contribution in [3.63, 3.8) is 0 Å². The third-order valence-electron chi connectivity index (χ3n) is 2.92. The molecule has 1 atom stereocenters. The molecule has 1 aromatic rings. The maximum absolute atomic E-state index is 11.7. The number of amides is 2. The number of aliphatic hydroxyl groups excluding tert-OH is 1. The lowest BCUT2D eigenvalue weighted by molar-refractivity contribution is 0.163. The minimum Gasteiger partial charge on any atom is -0.394 e. The van der Waals surface area contributed by atoms with Gasteiger partial charge in [-0.3, -0.25) is 4.68 Å². The minimum atomic E-state index is -0.564. The molecule has 1 unspecified atom stereocenters. The summed E-state index contributed by atoms with van der Waals surface area (Å²) in [6.45, 7) is 4.19. The van der Waals surface area contributed by atoms with Crippen LogP contribution in [0.25, 0.3) is 0 Å². The molecule has 0 saturated heterocycles. The van der Waals surface area contributed by atoms with Crippen LogP contribution in [0, 0.1) is 0 Å². The number of carbonyl (C=O) groups excluding carboxylic acids is 1. The fourth-order valence-corrected chi connectivity index (χ4v) is 1.80. The zero-order chi connectivity index (χ0) is 13.6. The normalized spacial score (nSPS) is 14.0. The number of nitrogens with one attached hydrogen (secondary N) is 2. The number of urea groups is 1. The van der Waals surface area contributed by atoms with Gasteiger partial charge in [-0.15, -0.1) is 0 Å². The zero-order valence-corrected chi connectivity index (χ0v) is 11.2. The van der Waals surface area contributed by atoms with Crippen LogP contribution in [0.15, 0.2) is 12.3 Å². The second-order valence-electron chi connectivity index (χ2n) is 4.72. The van der Waals surface area contributed by atoms with Gasteiger partial charge in [0.25, 0.3) is 0 Å². The number of aryl methyl sites for hydroxylation is 1. The second kappa shape index (κ2) is 6.39. The molecule has 0 saturated carbocycles. The number of rotatable bonds is 6. The van der Waals surface area contributed by atoms with Crippen molar-refractivity contribution in [3.8, 4) is 0 Å². The van der Waals surface area contributed by atoms with Gasteiger partial charge in [-0.25, -0.2) is 4.79 Å². The quantitative estimate of drug-likeness (QED) is 0.701. The Morgan fingerprint density at radius 3 is 2.83 bits per heavy atom. The van der Waals surface area contributed by atoms with Gasteiger partial charge < -0.3 is 15.7 Å². The van der Waals surface area contributed by atoms with Gasteiger partial charge in [0.1, 0.15) is 0 Å². The van der Waals surface area contributed by atoms with E-state index in [1.54, 1.807) is 10.9 Å². The summed E-state index contributed by atoms with van der Waals surface area (Å²) in [5.41, 5.74) is 0.358. The van der Waals surface area contributed by atoms with Gasteiger partial charge in [-0.1, -0.05) is 13.3 Å². The van der Waals surface area contributed by atoms with E-state index in [-0.39, 0.29) is 12.6 Å². The summed E-state index contributed by atoms with van der Waals surface area (Å²) in [6.07, 6.45) is 3.32. The summed E-state index contributed by atoms with van der Waals surface area (Å²) >= 11 is 0. The Morgan fingerprint density at radius 2 is 2.33 bits per heavy atom. The number of carbonyl (C=O) groups is 1. The molecule has 0 bridgehead atoms. The number of aromatic nitrogens is 2. The van der Waals surface area contributed by atoms with Crippen LogP contribution in [0.2, 0.25) is 0 Å². The van der Waals surface area contributed by atoms with E-state index >= 15 is 0 Å². The molecule has 0 radical (unpaired) electrons. The monoisotopic (exact) mass is 254 g/mol. The van der Waals surface area contributed by atoms with Gasteiger partial charge >= 0.3 is 6.03 Å². The van der Waals surface area contributed by atoms with Gasteiger partial charge in [0.15, 0.2) is 0 Å². The smallest absolute Gasteiger partial charge is 0.315 e. The van der Waals surface area contributed by atoms with Crippen LogP contribution in [0.1, 0.15) is 32.4 Å². The van der Waals surface area contributed by atoms with Crippen molar-refractivity contribution in [2.24, 2.45) is 7.05 Å². The van der Waals surface area contributed by atoms with Gasteiger partial charge in [0, 0.05) is 13.2 Å². The van der Waals surface area contributed by atoms with Gasteiger partial charge in [0.05, 0.1) is 24.4 Å². The summed E-state index contributed by atoms with van der Waals surface area (Å²) in [6, 6.07) is 1.57. The predicted molar refractivity (Wildman–Crippen MR) is 69.0 cm³/mol. The third kappa shape index (κ3) is 4.03. The first-order valence-electron chi connectivity index (χ1n) is 6.14. The van der Waals surface area contributed by atoms with Crippen molar-refractivity contribution >= 4 is 6.03 Å². The lowest BCUT2D eigenvalue weighted by Crippen LogP contribution is -2.52. The average Bonchev–Trinajstić information content (AvgIpc) is 2.72. The van der Waals surface area contributed by atoms with Crippen LogP contribution in [0.4, 0.5) is 4.79 Å². The molecule has 0 aliphatic rings. The molecule has 3 N–H and O–H groups in total. The first-order chi connectivity index (χ1) is 8.50. The molecule has 6 heteroatoms. The average molecular weight is 254 g/mol. The highest BCUT2D eigenvalue weighted by Crippen LogP contribution is 2.10. The molecular weight excluding hydrogens is 232 g/mol. The Balaban J connectivity index is 2.44. The fraction of sp³-hybridized carbons (Fsp3) is 0.667. The van der Waals surface area contributed by atoms with Gasteiger partial charge in [0.2, 0.25) is 0 Å². The van der Waals surface area contributed by atoms with E-state index < -0.39 is 5.54 Å². The summed E-state index contributed by atoms with van der Waals surface area (Å²) in [4.78, 5) is 11.7. The molecule has 0 spiro atoms. The van der Waals surface area contributed by atoms with E-state index in [0.29, 0.717) is 6.54 Å². The Hall–Kier alpha value is -1.56. The first-order valence-corrected chi connectivity index (χ1v) is 6.14. The molecule has 1 aromatic heterocycles. The molecule has 18 heavy (non-hydrogen) atoms. The lowest BCUT2D eigenvalue weighted by atomic mass is 9.98. The summed E-state index contributed by atoms with van der Waals surface area (Å²) in [5.74, 6) is 0. The van der Waals surface area contributed by atoms with E-state index in [1.165, 1.54) is 0 Å². The summed E-state index contributed by atoms with van der Waals surface area (Å²) < 4.78 is 1.71. The van der Waals surface area contributed by atoms with E-state index in [9.17, 15) is 9.90 Å². The van der Waals surface area contributed by atoms with E-state index in [1.807, 2.05) is 27.0 Å². The maximum Gasteiger partial charge on any atom is 0.315 e. The highest BCUT2D eigenvalue weighted by Gasteiger charge is 2.24. The summed E-state index contributed by atoms with van der Waals surface area (Å²) in [5, 5.41) is 18.9. The minimum absolute atomic E-state index is 0.0695. The van der Waals surface area contributed by atoms with Crippen LogP contribution < -0.4 is 10.6 Å². The molecule has 1 rings (SSSR count). The first kappa shape index (κ1) is 14.5. The topological polar surface area (TPSA) is 79.2 Å². The Bertz CT molecular complexity index is 391. The van der Waals surface area contributed by atoms with E-state index in [0.717, 1.165) is 18.5 Å². The van der Waals surface area contributed by atoms with E-state index in [2.05, 4.69) is 15.7 Å². The van der Waals surface area contributed by atoms with Crippen LogP contribution in [-0.4, -0.2) is 33.1 Å². The number of hydrogen-bond acceptors (Lipinski definition) is 3. The fourth-order valence-electron chi connectivity index (χ4n) is 1.80. The Morgan fingerprint density at radius 1 is 1.61 bits per heavy atom. The summed E-state index contributed by atoms with van der Waals surface area (Å²) in [7, 11) is 1.82. The predicted octanol–water partition coefficient (Wildman–Crippen LogP) is 0.770. The van der Waals surface area contributed by atoms with Crippen LogP contribution in [0.3, 0.4) is 0 Å². The number of hydrogen-bond donors (Lipinski definition) is 3. The molecule has 0 aromatic carbocycles. The number of nitrogens with zero attached hydrogens (tertiary/aromatic N) is 2. The van der Waals surface area contributed by atoms with Gasteiger partial charge in [-0.2, -0.15) is 5.10 Å². The van der Waals surface area contributed by atoms with Gasteiger partial charge in [-0.05, 0) is 19.4 Å². The molecular formula is C12H22N4O2. The van der Waals surface area contributed by atoms with Crippen molar-refractivity contribution in [2.45, 2.75) is 38.8 Å². The maximum atomic E-state index is 11.7. The molecule has 1 heterocycles. The second-order valence-corrected chi connectivity index (χ2v) is 4.72. The van der Waals surface area contributed by atoms with Crippen LogP contribution in [-0.2, 0) is 13.6 Å². The number of aliphatic hydroxyl groups is 1. The molecule has 0 fully saturated rings. The molecule has 0 aliphatic carbocycles.